The second-order valence-corrected chi connectivity index (χ2v) is 7.71. The van der Waals surface area contributed by atoms with Crippen molar-refractivity contribution in [1.29, 1.82) is 0 Å². The number of carbonyl (C=O) groups excluding carboxylic acids is 1. The molecule has 0 atom stereocenters. The molecule has 1 aliphatic heterocycles. The topological polar surface area (TPSA) is 77.7 Å². The minimum Gasteiger partial charge on any atom is -0.497 e. The molecule has 0 bridgehead atoms. The SMILES string of the molecule is COc1cccc(CC(=O)N2CCC(c3noc(COCc4ccccc4)n3)CC2)c1. The predicted octanol–water partition coefficient (Wildman–Crippen LogP) is 3.74. The smallest absolute Gasteiger partial charge is 0.252 e. The van der Waals surface area contributed by atoms with Gasteiger partial charge in [-0.05, 0) is 36.1 Å². The molecular formula is C24H27N3O4. The van der Waals surface area contributed by atoms with Crippen LogP contribution in [0, 0.1) is 0 Å². The van der Waals surface area contributed by atoms with Crippen molar-refractivity contribution in [2.24, 2.45) is 0 Å². The van der Waals surface area contributed by atoms with E-state index in [9.17, 15) is 4.79 Å². The number of rotatable bonds is 8. The number of nitrogens with zero attached hydrogens (tertiary/aromatic N) is 3. The van der Waals surface area contributed by atoms with Crippen LogP contribution in [0.4, 0.5) is 0 Å². The maximum atomic E-state index is 12.7. The van der Waals surface area contributed by atoms with E-state index in [4.69, 9.17) is 14.0 Å². The van der Waals surface area contributed by atoms with Crippen LogP contribution in [0.5, 0.6) is 5.75 Å². The fourth-order valence-corrected chi connectivity index (χ4v) is 3.78. The molecule has 0 unspecified atom stereocenters. The van der Waals surface area contributed by atoms with Crippen LogP contribution in [-0.4, -0.2) is 41.1 Å². The summed E-state index contributed by atoms with van der Waals surface area (Å²) in [4.78, 5) is 19.1. The molecule has 7 heteroatoms. The minimum atomic E-state index is 0.134. The Bertz CT molecular complexity index is 981. The lowest BCUT2D eigenvalue weighted by atomic mass is 9.95. The van der Waals surface area contributed by atoms with E-state index in [2.05, 4.69) is 10.1 Å². The van der Waals surface area contributed by atoms with Crippen molar-refractivity contribution >= 4 is 5.91 Å². The third-order valence-corrected chi connectivity index (χ3v) is 5.52. The second kappa shape index (κ2) is 10.2. The van der Waals surface area contributed by atoms with Crippen LogP contribution in [0.15, 0.2) is 59.1 Å². The quantitative estimate of drug-likeness (QED) is 0.551. The number of aromatic nitrogens is 2. The fourth-order valence-electron chi connectivity index (χ4n) is 3.78. The highest BCUT2D eigenvalue weighted by Crippen LogP contribution is 2.26. The number of piperidine rings is 1. The Kier molecular flexibility index (Phi) is 6.94. The maximum Gasteiger partial charge on any atom is 0.252 e. The number of carbonyl (C=O) groups is 1. The summed E-state index contributed by atoms with van der Waals surface area (Å²) in [6.07, 6.45) is 2.04. The summed E-state index contributed by atoms with van der Waals surface area (Å²) in [5.74, 6) is 2.30. The molecule has 1 fully saturated rings. The largest absolute Gasteiger partial charge is 0.497 e. The van der Waals surface area contributed by atoms with Gasteiger partial charge >= 0.3 is 0 Å². The Morgan fingerprint density at radius 2 is 1.84 bits per heavy atom. The van der Waals surface area contributed by atoms with Gasteiger partial charge in [0.2, 0.25) is 5.91 Å². The van der Waals surface area contributed by atoms with Crippen LogP contribution in [0.1, 0.15) is 41.6 Å². The summed E-state index contributed by atoms with van der Waals surface area (Å²) >= 11 is 0. The molecular weight excluding hydrogens is 394 g/mol. The zero-order valence-corrected chi connectivity index (χ0v) is 17.7. The normalized spacial score (nSPS) is 14.5. The fraction of sp³-hybridized carbons (Fsp3) is 0.375. The van der Waals surface area contributed by atoms with Crippen LogP contribution in [-0.2, 0) is 29.2 Å². The summed E-state index contributed by atoms with van der Waals surface area (Å²) in [7, 11) is 1.63. The van der Waals surface area contributed by atoms with E-state index in [-0.39, 0.29) is 11.8 Å². The van der Waals surface area contributed by atoms with Crippen LogP contribution < -0.4 is 4.74 Å². The van der Waals surface area contributed by atoms with E-state index in [1.807, 2.05) is 59.5 Å². The summed E-state index contributed by atoms with van der Waals surface area (Å²) in [6.45, 7) is 2.19. The lowest BCUT2D eigenvalue weighted by Crippen LogP contribution is -2.39. The Labute approximate surface area is 182 Å². The number of methoxy groups -OCH3 is 1. The average Bonchev–Trinajstić information content (AvgIpc) is 3.29. The zero-order valence-electron chi connectivity index (χ0n) is 17.7. The predicted molar refractivity (Wildman–Crippen MR) is 114 cm³/mol. The molecule has 0 aliphatic carbocycles. The molecule has 4 rings (SSSR count). The number of hydrogen-bond donors (Lipinski definition) is 0. The maximum absolute atomic E-state index is 12.7. The van der Waals surface area contributed by atoms with Crippen LogP contribution >= 0.6 is 0 Å². The molecule has 0 N–H and O–H groups in total. The molecule has 2 aromatic carbocycles. The van der Waals surface area contributed by atoms with Gasteiger partial charge < -0.3 is 18.9 Å². The van der Waals surface area contributed by atoms with Crippen LogP contribution in [0.3, 0.4) is 0 Å². The first-order valence-electron chi connectivity index (χ1n) is 10.6. The van der Waals surface area contributed by atoms with Crippen molar-refractivity contribution in [3.63, 3.8) is 0 Å². The highest BCUT2D eigenvalue weighted by Gasteiger charge is 2.27. The van der Waals surface area contributed by atoms with E-state index in [1.165, 1.54) is 0 Å². The van der Waals surface area contributed by atoms with Gasteiger partial charge in [-0.3, -0.25) is 4.79 Å². The molecule has 0 saturated carbocycles. The first-order chi connectivity index (χ1) is 15.2. The van der Waals surface area contributed by atoms with Gasteiger partial charge in [0.25, 0.3) is 5.89 Å². The summed E-state index contributed by atoms with van der Waals surface area (Å²) in [5.41, 5.74) is 2.07. The van der Waals surface area contributed by atoms with E-state index < -0.39 is 0 Å². The van der Waals surface area contributed by atoms with Crippen LogP contribution in [0.2, 0.25) is 0 Å². The Morgan fingerprint density at radius 1 is 1.06 bits per heavy atom. The minimum absolute atomic E-state index is 0.134. The summed E-state index contributed by atoms with van der Waals surface area (Å²) < 4.78 is 16.3. The van der Waals surface area contributed by atoms with Gasteiger partial charge in [-0.2, -0.15) is 4.98 Å². The van der Waals surface area contributed by atoms with Crippen molar-refractivity contribution in [2.75, 3.05) is 20.2 Å². The zero-order chi connectivity index (χ0) is 21.5. The molecule has 0 radical (unpaired) electrons. The van der Waals surface area contributed by atoms with Crippen LogP contribution in [0.25, 0.3) is 0 Å². The molecule has 7 nitrogen and oxygen atoms in total. The molecule has 31 heavy (non-hydrogen) atoms. The number of benzene rings is 2. The van der Waals surface area contributed by atoms with Gasteiger partial charge in [-0.25, -0.2) is 0 Å². The number of hydrogen-bond acceptors (Lipinski definition) is 6. The monoisotopic (exact) mass is 421 g/mol. The van der Waals surface area contributed by atoms with E-state index in [0.29, 0.717) is 44.4 Å². The van der Waals surface area contributed by atoms with Crippen molar-refractivity contribution in [1.82, 2.24) is 15.0 Å². The third-order valence-electron chi connectivity index (χ3n) is 5.52. The summed E-state index contributed by atoms with van der Waals surface area (Å²) in [6, 6.07) is 17.6. The lowest BCUT2D eigenvalue weighted by Gasteiger charge is -2.30. The van der Waals surface area contributed by atoms with Gasteiger partial charge in [-0.15, -0.1) is 0 Å². The number of ether oxygens (including phenoxy) is 2. The lowest BCUT2D eigenvalue weighted by molar-refractivity contribution is -0.131. The number of amides is 1. The highest BCUT2D eigenvalue weighted by atomic mass is 16.5. The first-order valence-corrected chi connectivity index (χ1v) is 10.6. The van der Waals surface area contributed by atoms with E-state index in [1.54, 1.807) is 7.11 Å². The average molecular weight is 421 g/mol. The van der Waals surface area contributed by atoms with E-state index >= 15 is 0 Å². The molecule has 0 spiro atoms. The molecule has 1 aliphatic rings. The van der Waals surface area contributed by atoms with Crippen molar-refractivity contribution in [2.45, 2.75) is 38.4 Å². The third kappa shape index (κ3) is 5.70. The molecule has 1 amide bonds. The first kappa shape index (κ1) is 21.1. The van der Waals surface area contributed by atoms with Crippen molar-refractivity contribution < 1.29 is 18.8 Å². The molecule has 1 aromatic heterocycles. The van der Waals surface area contributed by atoms with E-state index in [0.717, 1.165) is 29.7 Å². The van der Waals surface area contributed by atoms with Crippen molar-refractivity contribution in [3.05, 3.63) is 77.4 Å². The second-order valence-electron chi connectivity index (χ2n) is 7.71. The van der Waals surface area contributed by atoms with Gasteiger partial charge in [0.15, 0.2) is 5.82 Å². The van der Waals surface area contributed by atoms with Gasteiger partial charge in [0, 0.05) is 19.0 Å². The highest BCUT2D eigenvalue weighted by molar-refractivity contribution is 5.79. The Hall–Kier alpha value is -3.19. The Balaban J connectivity index is 1.23. The van der Waals surface area contributed by atoms with Gasteiger partial charge in [0.1, 0.15) is 12.4 Å². The molecule has 162 valence electrons. The molecule has 1 saturated heterocycles. The van der Waals surface area contributed by atoms with Gasteiger partial charge in [0.05, 0.1) is 20.1 Å². The van der Waals surface area contributed by atoms with Gasteiger partial charge in [-0.1, -0.05) is 47.6 Å². The summed E-state index contributed by atoms with van der Waals surface area (Å²) in [5, 5.41) is 4.14. The van der Waals surface area contributed by atoms with Crippen molar-refractivity contribution in [3.8, 4) is 5.75 Å². The standard InChI is InChI=1S/C24H27N3O4/c1-29-21-9-5-8-19(14-21)15-23(28)27-12-10-20(11-13-27)24-25-22(31-26-24)17-30-16-18-6-3-2-4-7-18/h2-9,14,20H,10-13,15-17H2,1H3. The Morgan fingerprint density at radius 3 is 2.61 bits per heavy atom. The molecule has 3 aromatic rings. The number of likely N-dealkylation sites (tertiary alicyclic amines) is 1. The molecule has 2 heterocycles.